The predicted molar refractivity (Wildman–Crippen MR) is 33.5 cm³/mol. The van der Waals surface area contributed by atoms with E-state index in [0.717, 1.165) is 12.8 Å². The van der Waals surface area contributed by atoms with Crippen molar-refractivity contribution in [2.45, 2.75) is 38.9 Å². The number of hydrogen-bond acceptors (Lipinski definition) is 1. The first-order chi connectivity index (χ1) is 3.68. The van der Waals surface area contributed by atoms with Crippen LogP contribution in [0.5, 0.6) is 0 Å². The summed E-state index contributed by atoms with van der Waals surface area (Å²) in [4.78, 5) is 0. The molecule has 2 heteroatoms. The second kappa shape index (κ2) is 3.84. The molecule has 0 saturated heterocycles. The molecule has 0 aliphatic carbocycles. The van der Waals surface area contributed by atoms with E-state index in [1.54, 1.807) is 0 Å². The summed E-state index contributed by atoms with van der Waals surface area (Å²) in [7, 11) is 0. The normalized spacial score (nSPS) is 18.0. The van der Waals surface area contributed by atoms with Crippen LogP contribution >= 0.6 is 0 Å². The Balaban J connectivity index is 3.17. The van der Waals surface area contributed by atoms with Crippen molar-refractivity contribution in [3.8, 4) is 0 Å². The predicted octanol–water partition coefficient (Wildman–Crippen LogP) is 1.47. The summed E-state index contributed by atoms with van der Waals surface area (Å²) in [6.45, 7) is 3.50. The average molecular weight is 119 g/mol. The van der Waals surface area contributed by atoms with Crippen molar-refractivity contribution < 1.29 is 4.39 Å². The van der Waals surface area contributed by atoms with Crippen LogP contribution in [-0.4, -0.2) is 12.2 Å². The zero-order chi connectivity index (χ0) is 6.57. The quantitative estimate of drug-likeness (QED) is 0.598. The molecule has 0 aliphatic heterocycles. The smallest absolute Gasteiger partial charge is 0.112 e. The molecule has 0 aromatic heterocycles. The molecule has 0 saturated carbocycles. The summed E-state index contributed by atoms with van der Waals surface area (Å²) in [5.74, 6) is 0. The van der Waals surface area contributed by atoms with Gasteiger partial charge in [0, 0.05) is 6.04 Å². The van der Waals surface area contributed by atoms with Crippen LogP contribution in [0.2, 0.25) is 0 Å². The van der Waals surface area contributed by atoms with Crippen LogP contribution in [-0.2, 0) is 0 Å². The Morgan fingerprint density at radius 1 is 1.62 bits per heavy atom. The topological polar surface area (TPSA) is 26.0 Å². The monoisotopic (exact) mass is 119 g/mol. The number of nitrogens with two attached hydrogens (primary N) is 1. The Hall–Kier alpha value is -0.110. The van der Waals surface area contributed by atoms with Crippen LogP contribution in [0.1, 0.15) is 26.7 Å². The summed E-state index contributed by atoms with van der Waals surface area (Å²) < 4.78 is 12.2. The van der Waals surface area contributed by atoms with Gasteiger partial charge in [0.05, 0.1) is 0 Å². The van der Waals surface area contributed by atoms with Gasteiger partial charge in [0.15, 0.2) is 0 Å². The van der Waals surface area contributed by atoms with Gasteiger partial charge >= 0.3 is 0 Å². The number of halogens is 1. The third kappa shape index (κ3) is 2.97. The fourth-order valence-electron chi connectivity index (χ4n) is 0.563. The van der Waals surface area contributed by atoms with E-state index in [-0.39, 0.29) is 6.04 Å². The maximum atomic E-state index is 12.2. The fourth-order valence-corrected chi connectivity index (χ4v) is 0.563. The molecule has 2 N–H and O–H groups in total. The first-order valence-corrected chi connectivity index (χ1v) is 3.08. The molecule has 1 nitrogen and oxygen atoms in total. The van der Waals surface area contributed by atoms with E-state index in [9.17, 15) is 4.39 Å². The lowest BCUT2D eigenvalue weighted by Gasteiger charge is -2.09. The number of alkyl halides is 1. The summed E-state index contributed by atoms with van der Waals surface area (Å²) >= 11 is 0. The van der Waals surface area contributed by atoms with Crippen LogP contribution < -0.4 is 5.73 Å². The van der Waals surface area contributed by atoms with E-state index >= 15 is 0 Å². The Morgan fingerprint density at radius 3 is 2.25 bits per heavy atom. The molecular formula is C6H14FN. The first kappa shape index (κ1) is 7.89. The minimum atomic E-state index is -0.852. The molecule has 0 aromatic rings. The SMILES string of the molecule is CCC[C@H](N)C(C)F. The van der Waals surface area contributed by atoms with Gasteiger partial charge in [0.2, 0.25) is 0 Å². The van der Waals surface area contributed by atoms with Crippen molar-refractivity contribution in [1.29, 1.82) is 0 Å². The van der Waals surface area contributed by atoms with E-state index in [0.29, 0.717) is 0 Å². The molecule has 0 amide bonds. The molecule has 0 heterocycles. The lowest BCUT2D eigenvalue weighted by molar-refractivity contribution is 0.294. The fraction of sp³-hybridized carbons (Fsp3) is 1.00. The third-order valence-corrected chi connectivity index (χ3v) is 1.21. The Morgan fingerprint density at radius 2 is 2.12 bits per heavy atom. The van der Waals surface area contributed by atoms with Gasteiger partial charge in [-0.15, -0.1) is 0 Å². The minimum Gasteiger partial charge on any atom is -0.325 e. The maximum Gasteiger partial charge on any atom is 0.112 e. The van der Waals surface area contributed by atoms with Crippen molar-refractivity contribution in [2.75, 3.05) is 0 Å². The van der Waals surface area contributed by atoms with Crippen LogP contribution in [0.3, 0.4) is 0 Å². The molecule has 50 valence electrons. The number of hydrogen-bond donors (Lipinski definition) is 1. The van der Waals surface area contributed by atoms with Gasteiger partial charge in [-0.3, -0.25) is 0 Å². The van der Waals surface area contributed by atoms with Gasteiger partial charge in [0.1, 0.15) is 6.17 Å². The van der Waals surface area contributed by atoms with Crippen LogP contribution in [0.15, 0.2) is 0 Å². The Bertz CT molecular complexity index is 54.5. The highest BCUT2D eigenvalue weighted by atomic mass is 19.1. The average Bonchev–Trinajstić information content (AvgIpc) is 1.67. The van der Waals surface area contributed by atoms with Crippen molar-refractivity contribution >= 4 is 0 Å². The van der Waals surface area contributed by atoms with Crippen molar-refractivity contribution in [2.24, 2.45) is 5.73 Å². The molecule has 0 spiro atoms. The van der Waals surface area contributed by atoms with Gasteiger partial charge in [0.25, 0.3) is 0 Å². The van der Waals surface area contributed by atoms with Gasteiger partial charge in [-0.05, 0) is 13.3 Å². The van der Waals surface area contributed by atoms with Crippen LogP contribution in [0, 0.1) is 0 Å². The molecule has 0 radical (unpaired) electrons. The summed E-state index contributed by atoms with van der Waals surface area (Å²) in [5, 5.41) is 0. The molecule has 0 fully saturated rings. The van der Waals surface area contributed by atoms with E-state index in [2.05, 4.69) is 0 Å². The van der Waals surface area contributed by atoms with E-state index in [1.165, 1.54) is 6.92 Å². The largest absolute Gasteiger partial charge is 0.325 e. The highest BCUT2D eigenvalue weighted by molar-refractivity contribution is 4.65. The lowest BCUT2D eigenvalue weighted by Crippen LogP contribution is -2.28. The van der Waals surface area contributed by atoms with E-state index in [4.69, 9.17) is 5.73 Å². The minimum absolute atomic E-state index is 0.250. The molecule has 0 aromatic carbocycles. The lowest BCUT2D eigenvalue weighted by atomic mass is 10.1. The van der Waals surface area contributed by atoms with Crippen molar-refractivity contribution in [1.82, 2.24) is 0 Å². The van der Waals surface area contributed by atoms with Gasteiger partial charge in [-0.1, -0.05) is 13.3 Å². The van der Waals surface area contributed by atoms with Crippen LogP contribution in [0.4, 0.5) is 4.39 Å². The van der Waals surface area contributed by atoms with Gasteiger partial charge in [-0.2, -0.15) is 0 Å². The standard InChI is InChI=1S/C6H14FN/c1-3-4-6(8)5(2)7/h5-6H,3-4,8H2,1-2H3/t5?,6-/m0/s1. The second-order valence-electron chi connectivity index (χ2n) is 2.13. The van der Waals surface area contributed by atoms with Crippen LogP contribution in [0.25, 0.3) is 0 Å². The van der Waals surface area contributed by atoms with Gasteiger partial charge in [-0.25, -0.2) is 4.39 Å². The van der Waals surface area contributed by atoms with E-state index in [1.807, 2.05) is 6.92 Å². The highest BCUT2D eigenvalue weighted by Crippen LogP contribution is 2.01. The van der Waals surface area contributed by atoms with Gasteiger partial charge < -0.3 is 5.73 Å². The zero-order valence-electron chi connectivity index (χ0n) is 5.52. The first-order valence-electron chi connectivity index (χ1n) is 3.08. The molecule has 0 aliphatic rings. The summed E-state index contributed by atoms with van der Waals surface area (Å²) in [6.07, 6.45) is 0.905. The molecule has 0 bridgehead atoms. The van der Waals surface area contributed by atoms with Crippen molar-refractivity contribution in [3.63, 3.8) is 0 Å². The third-order valence-electron chi connectivity index (χ3n) is 1.21. The Labute approximate surface area is 50.1 Å². The molecule has 2 atom stereocenters. The molecule has 0 rings (SSSR count). The van der Waals surface area contributed by atoms with E-state index < -0.39 is 6.17 Å². The molecule has 1 unspecified atom stereocenters. The molecular weight excluding hydrogens is 105 g/mol. The number of rotatable bonds is 3. The summed E-state index contributed by atoms with van der Waals surface area (Å²) in [5.41, 5.74) is 5.35. The van der Waals surface area contributed by atoms with Crippen molar-refractivity contribution in [3.05, 3.63) is 0 Å². The molecule has 8 heavy (non-hydrogen) atoms. The maximum absolute atomic E-state index is 12.2. The highest BCUT2D eigenvalue weighted by Gasteiger charge is 2.07. The zero-order valence-corrected chi connectivity index (χ0v) is 5.52. The Kier molecular flexibility index (Phi) is 3.79. The second-order valence-corrected chi connectivity index (χ2v) is 2.13. The summed E-state index contributed by atoms with van der Waals surface area (Å²) in [6, 6.07) is -0.250.